The number of aliphatic hydroxyl groups excluding tert-OH is 16. The molecule has 56 heteroatoms. The third-order valence-electron chi connectivity index (χ3n) is 18.2. The normalized spacial score (nSPS) is 22.1. The van der Waals surface area contributed by atoms with Crippen LogP contribution in [0.5, 0.6) is 121 Å². The van der Waals surface area contributed by atoms with Gasteiger partial charge in [-0.25, -0.2) is 33.6 Å². The first-order valence-corrected chi connectivity index (χ1v) is 37.2. The fraction of sp³-hybridized carbons (Fsp3) is 0.346. The van der Waals surface area contributed by atoms with Crippen LogP contribution in [0.25, 0.3) is 0 Å². The number of carbonyl (C=O) groups excluding carboxylic acids is 8. The number of benzene rings is 7. The molecule has 736 valence electrons. The average molecular weight is 1920 g/mol. The molecule has 7 aromatic carbocycles. The number of phenols is 21. The molecule has 10 rings (SSSR count). The molecule has 0 spiro atoms. The minimum absolute atomic E-state index is 0.155. The highest BCUT2D eigenvalue weighted by atomic mass is 16.7. The molecule has 134 heavy (non-hydrogen) atoms. The van der Waals surface area contributed by atoms with Gasteiger partial charge in [-0.3, -0.25) is 9.59 Å². The maximum Gasteiger partial charge on any atom is 0.340 e. The fourth-order valence-electron chi connectivity index (χ4n) is 10.8. The van der Waals surface area contributed by atoms with Crippen molar-refractivity contribution in [1.29, 1.82) is 0 Å². The Labute approximate surface area is 745 Å². The number of aliphatic carboxylic acids is 1. The molecular weight excluding hydrogens is 1830 g/mol. The van der Waals surface area contributed by atoms with Gasteiger partial charge in [-0.2, -0.15) is 0 Å². The molecule has 3 heterocycles. The number of carboxylic acid groups (broad SMARTS) is 1. The SMILES string of the molecule is CC(=O)C(OC(=O)c1cc(O)c(O)c(O)c1)C(O)C(O)C(O)C(=O)O.CC(=O)c1cc(O)c(O)c(O)c1.O=C(OC1OC(CO)C(O)C(O)C1O)c1cc(O)c(O)c(O)c1.O=C(OCC(O)CO)c1cc(O)c(O)c(O)c1.O=C(OCC1OC(O)C(O)C(O)C1O)c1cc(O)c(O)c(O)c1.O=C(OCC1OC(OC(=O)c2cc(O)c(O)c(O)c2)C(O)C(O)C1O)c1cc(O)c(O)c(O)c1. The average Bonchev–Trinajstić information content (AvgIpc) is 0.810. The van der Waals surface area contributed by atoms with Gasteiger partial charge in [0, 0.05) is 5.56 Å². The number of Topliss-reactive ketones (excluding diaryl/α,β-unsaturated/α-hetero) is 2. The van der Waals surface area contributed by atoms with Gasteiger partial charge < -0.3 is 237 Å². The highest BCUT2D eigenvalue weighted by Crippen LogP contribution is 2.43. The molecule has 56 nitrogen and oxygen atoms in total. The second-order valence-corrected chi connectivity index (χ2v) is 28.0. The van der Waals surface area contributed by atoms with Crippen molar-refractivity contribution in [2.75, 3.05) is 33.0 Å². The minimum Gasteiger partial charge on any atom is -0.504 e. The smallest absolute Gasteiger partial charge is 0.340 e. The number of aliphatic hydroxyl groups is 16. The fourth-order valence-corrected chi connectivity index (χ4v) is 10.8. The first-order chi connectivity index (χ1) is 62.3. The summed E-state index contributed by atoms with van der Waals surface area (Å²) in [6, 6.07) is 11.8. The lowest BCUT2D eigenvalue weighted by molar-refractivity contribution is -0.286. The van der Waals surface area contributed by atoms with Gasteiger partial charge in [0.05, 0.1) is 46.6 Å². The van der Waals surface area contributed by atoms with Gasteiger partial charge >= 0.3 is 41.8 Å². The van der Waals surface area contributed by atoms with Crippen molar-refractivity contribution in [1.82, 2.24) is 0 Å². The third-order valence-corrected chi connectivity index (χ3v) is 18.2. The Morgan fingerprint density at radius 3 is 0.843 bits per heavy atom. The number of hydrogen-bond donors (Lipinski definition) is 38. The van der Waals surface area contributed by atoms with Crippen LogP contribution in [0.2, 0.25) is 0 Å². The van der Waals surface area contributed by atoms with Crippen LogP contribution in [-0.4, -0.2) is 403 Å². The van der Waals surface area contributed by atoms with E-state index in [1.54, 1.807) is 0 Å². The molecule has 0 bridgehead atoms. The summed E-state index contributed by atoms with van der Waals surface area (Å²) >= 11 is 0. The molecular formula is C78H88O56. The van der Waals surface area contributed by atoms with Crippen LogP contribution in [0.15, 0.2) is 84.9 Å². The van der Waals surface area contributed by atoms with Crippen LogP contribution in [0, 0.1) is 0 Å². The van der Waals surface area contributed by atoms with Gasteiger partial charge in [-0.1, -0.05) is 0 Å². The van der Waals surface area contributed by atoms with E-state index >= 15 is 0 Å². The Morgan fingerprint density at radius 2 is 0.567 bits per heavy atom. The van der Waals surface area contributed by atoms with E-state index in [0.29, 0.717) is 12.1 Å². The number of ketones is 2. The van der Waals surface area contributed by atoms with Crippen LogP contribution in [-0.2, 0) is 52.2 Å². The summed E-state index contributed by atoms with van der Waals surface area (Å²) in [6.45, 7) is -0.834. The summed E-state index contributed by atoms with van der Waals surface area (Å²) in [6.07, 6.45) is -35.5. The molecule has 38 N–H and O–H groups in total. The third kappa shape index (κ3) is 28.4. The van der Waals surface area contributed by atoms with Crippen molar-refractivity contribution in [2.45, 2.75) is 136 Å². The van der Waals surface area contributed by atoms with Crippen LogP contribution in [0.1, 0.15) is 86.4 Å². The van der Waals surface area contributed by atoms with E-state index in [1.165, 1.54) is 6.92 Å². The zero-order valence-electron chi connectivity index (χ0n) is 68.0. The first kappa shape index (κ1) is 110. The maximum atomic E-state index is 12.3. The van der Waals surface area contributed by atoms with Gasteiger partial charge in [0.1, 0.15) is 111 Å². The van der Waals surface area contributed by atoms with E-state index in [9.17, 15) is 186 Å². The van der Waals surface area contributed by atoms with Crippen LogP contribution < -0.4 is 0 Å². The standard InChI is InChI=1S/C20H20O14.C14H16O11.2C13H16O10.C10H12O7.C8H8O4/c21-8-1-6(2-9(22)13(8)25)18(30)32-5-12-15(27)16(28)17(29)20(33-12)34-19(31)7-3-10(23)14(26)11(24)4-7;1-4(15)12(10(20)9(19)11(21)13(22)23)25-14(24)5-2-6(16)8(18)7(17)3-5;14-5-1-4(2-6(15)8(5)16)12(20)22-3-7-9(17)10(18)11(19)13(21)23-7;14-3-7-9(18)10(19)11(20)13(22-7)23-12(21)4-1-5(15)8(17)6(16)2-4;11-3-6(12)4-17-10(16)5-1-7(13)9(15)8(14)2-5;1-4(9)5-2-6(10)8(12)7(11)3-5/h1-4,12,15-17,20-29H,5H2;2-3,9-12,16-21H,1H3,(H,22,23);1-2,7,9-11,13-19,21H,3H2;1-2,7,9-11,13-20H,3H2;1-2,6,11-15H,3-4H2;2-3,10-12H,1H3. The van der Waals surface area contributed by atoms with Crippen molar-refractivity contribution in [3.8, 4) is 121 Å². The Balaban J connectivity index is 0.000000291. The number of rotatable bonds is 23. The zero-order chi connectivity index (χ0) is 102. The Bertz CT molecular complexity index is 5160. The number of ether oxygens (including phenoxy) is 9. The van der Waals surface area contributed by atoms with Gasteiger partial charge in [0.2, 0.25) is 12.6 Å². The van der Waals surface area contributed by atoms with Crippen molar-refractivity contribution in [2.24, 2.45) is 0 Å². The largest absolute Gasteiger partial charge is 0.504 e. The number of phenolic OH excluding ortho intramolecular Hbond substituents is 21. The summed E-state index contributed by atoms with van der Waals surface area (Å²) in [5.74, 6) is -26.0. The summed E-state index contributed by atoms with van der Waals surface area (Å²) in [7, 11) is 0. The van der Waals surface area contributed by atoms with E-state index in [2.05, 4.69) is 9.47 Å². The monoisotopic (exact) mass is 1920 g/mol. The number of carboxylic acids is 1. The number of hydrogen-bond acceptors (Lipinski definition) is 55. The first-order valence-electron chi connectivity index (χ1n) is 37.2. The molecule has 20 atom stereocenters. The molecule has 0 aliphatic carbocycles. The summed E-state index contributed by atoms with van der Waals surface area (Å²) in [5.41, 5.74) is -2.04. The van der Waals surface area contributed by atoms with E-state index in [-0.39, 0.29) is 33.6 Å². The predicted octanol–water partition coefficient (Wildman–Crippen LogP) is -7.33. The van der Waals surface area contributed by atoms with E-state index in [1.807, 2.05) is 0 Å². The van der Waals surface area contributed by atoms with Crippen molar-refractivity contribution < 1.29 is 280 Å². The van der Waals surface area contributed by atoms with E-state index < -0.39 is 335 Å². The highest BCUT2D eigenvalue weighted by molar-refractivity contribution is 5.97. The van der Waals surface area contributed by atoms with E-state index in [4.69, 9.17) is 84.2 Å². The van der Waals surface area contributed by atoms with Gasteiger partial charge in [0.15, 0.2) is 151 Å². The van der Waals surface area contributed by atoms with Gasteiger partial charge in [0.25, 0.3) is 0 Å². The molecule has 3 saturated heterocycles. The van der Waals surface area contributed by atoms with Crippen molar-refractivity contribution in [3.05, 3.63) is 124 Å². The van der Waals surface area contributed by atoms with Gasteiger partial charge in [-0.15, -0.1) is 0 Å². The summed E-state index contributed by atoms with van der Waals surface area (Å²) in [5, 5.41) is 355. The molecule has 3 aliphatic rings. The van der Waals surface area contributed by atoms with Crippen molar-refractivity contribution in [3.63, 3.8) is 0 Å². The molecule has 0 radical (unpaired) electrons. The molecule has 7 aromatic rings. The van der Waals surface area contributed by atoms with Gasteiger partial charge in [-0.05, 0) is 98.8 Å². The highest BCUT2D eigenvalue weighted by Gasteiger charge is 2.49. The molecule has 0 aromatic heterocycles. The molecule has 20 unspecified atom stereocenters. The molecule has 3 fully saturated rings. The zero-order valence-corrected chi connectivity index (χ0v) is 68.0. The lowest BCUT2D eigenvalue weighted by Gasteiger charge is -2.39. The Morgan fingerprint density at radius 1 is 0.313 bits per heavy atom. The lowest BCUT2D eigenvalue weighted by atomic mass is 9.99. The predicted molar refractivity (Wildman–Crippen MR) is 420 cm³/mol. The van der Waals surface area contributed by atoms with Crippen LogP contribution in [0.4, 0.5) is 0 Å². The van der Waals surface area contributed by atoms with E-state index in [0.717, 1.165) is 79.7 Å². The quantitative estimate of drug-likeness (QED) is 0.0122. The second kappa shape index (κ2) is 47.9. The topological polar surface area (TPSA) is 1010 Å². The van der Waals surface area contributed by atoms with Crippen LogP contribution in [0.3, 0.4) is 0 Å². The lowest BCUT2D eigenvalue weighted by Crippen LogP contribution is -2.59. The van der Waals surface area contributed by atoms with Crippen molar-refractivity contribution >= 4 is 53.4 Å². The molecule has 0 amide bonds. The summed E-state index contributed by atoms with van der Waals surface area (Å²) < 4.78 is 43.6. The Kier molecular flexibility index (Phi) is 39.2. The number of carbonyl (C=O) groups is 9. The number of aromatic hydroxyl groups is 21. The maximum absolute atomic E-state index is 12.3. The summed E-state index contributed by atoms with van der Waals surface area (Å²) in [4.78, 5) is 104. The number of esters is 6. The molecule has 3 aliphatic heterocycles. The Hall–Kier alpha value is -14.8. The molecule has 0 saturated carbocycles. The van der Waals surface area contributed by atoms with Crippen LogP contribution >= 0.6 is 0 Å². The second-order valence-electron chi connectivity index (χ2n) is 28.0. The minimum atomic E-state index is -2.45.